The van der Waals surface area contributed by atoms with Gasteiger partial charge >= 0.3 is 6.18 Å². The fourth-order valence-corrected chi connectivity index (χ4v) is 5.35. The summed E-state index contributed by atoms with van der Waals surface area (Å²) in [6.45, 7) is 4.62. The molecule has 1 aliphatic carbocycles. The number of carbonyl (C=O) groups is 1. The number of hydrogen-bond donors (Lipinski definition) is 2. The van der Waals surface area contributed by atoms with Crippen LogP contribution in [0.2, 0.25) is 0 Å². The summed E-state index contributed by atoms with van der Waals surface area (Å²) in [6.07, 6.45) is -1.25. The Bertz CT molecular complexity index is 1010. The number of aromatic nitrogens is 3. The van der Waals surface area contributed by atoms with Gasteiger partial charge in [-0.25, -0.2) is 9.50 Å². The van der Waals surface area contributed by atoms with Crippen LogP contribution >= 0.6 is 0 Å². The van der Waals surface area contributed by atoms with Gasteiger partial charge in [0.05, 0.1) is 23.9 Å². The topological polar surface area (TPSA) is 96.8 Å². The maximum atomic E-state index is 13.1. The zero-order chi connectivity index (χ0) is 23.9. The molecule has 10 heteroatoms. The lowest BCUT2D eigenvalue weighted by Crippen LogP contribution is -2.49. The Morgan fingerprint density at radius 1 is 1.21 bits per heavy atom. The highest BCUT2D eigenvalue weighted by Crippen LogP contribution is 2.43. The van der Waals surface area contributed by atoms with Crippen LogP contribution in [0.4, 0.5) is 13.2 Å². The van der Waals surface area contributed by atoms with Gasteiger partial charge in [-0.2, -0.15) is 18.3 Å². The molecule has 0 spiro atoms. The maximum Gasteiger partial charge on any atom is 0.391 e. The van der Waals surface area contributed by atoms with Crippen molar-refractivity contribution in [1.29, 1.82) is 0 Å². The van der Waals surface area contributed by atoms with Crippen molar-refractivity contribution in [2.45, 2.75) is 76.4 Å². The molecular weight excluding hydrogens is 435 g/mol. The van der Waals surface area contributed by atoms with E-state index in [9.17, 15) is 23.1 Å². The molecule has 0 aromatic carbocycles. The van der Waals surface area contributed by atoms with Gasteiger partial charge in [0, 0.05) is 36.7 Å². The standard InChI is InChI=1S/C23H32F3N5O2/c1-13-14(2)28-20-10-19(15-5-7-17(8-6-15)23(24,25)26)29-31(20)21(13)16-4-3-9-30(11-16)22(33)18(27)12-32/h10,15-18,32H,3-9,11-12,27H2,1-2H3/t15?,16-,17?,18?/m1/s1. The molecule has 0 radical (unpaired) electrons. The van der Waals surface area contributed by atoms with Crippen molar-refractivity contribution >= 4 is 11.6 Å². The van der Waals surface area contributed by atoms with E-state index < -0.39 is 24.7 Å². The number of piperidine rings is 1. The average Bonchev–Trinajstić information content (AvgIpc) is 3.21. The first-order valence-corrected chi connectivity index (χ1v) is 11.7. The molecule has 2 fully saturated rings. The maximum absolute atomic E-state index is 13.1. The van der Waals surface area contributed by atoms with E-state index in [2.05, 4.69) is 4.98 Å². The third-order valence-corrected chi connectivity index (χ3v) is 7.39. The average molecular weight is 468 g/mol. The number of amides is 1. The fourth-order valence-electron chi connectivity index (χ4n) is 5.35. The highest BCUT2D eigenvalue weighted by atomic mass is 19.4. The van der Waals surface area contributed by atoms with Crippen LogP contribution < -0.4 is 5.73 Å². The van der Waals surface area contributed by atoms with Crippen LogP contribution in [0.25, 0.3) is 5.65 Å². The van der Waals surface area contributed by atoms with Crippen molar-refractivity contribution in [2.75, 3.05) is 19.7 Å². The van der Waals surface area contributed by atoms with Crippen LogP contribution in [0.1, 0.15) is 73.0 Å². The molecule has 1 saturated heterocycles. The van der Waals surface area contributed by atoms with Crippen LogP contribution in [0.5, 0.6) is 0 Å². The Labute approximate surface area is 191 Å². The number of aliphatic hydroxyl groups excluding tert-OH is 1. The first kappa shape index (κ1) is 23.9. The van der Waals surface area contributed by atoms with Gasteiger partial charge in [-0.3, -0.25) is 4.79 Å². The second-order valence-electron chi connectivity index (χ2n) is 9.55. The quantitative estimate of drug-likeness (QED) is 0.720. The highest BCUT2D eigenvalue weighted by Gasteiger charge is 2.42. The number of halogens is 3. The van der Waals surface area contributed by atoms with E-state index in [4.69, 9.17) is 10.8 Å². The molecule has 3 heterocycles. The lowest BCUT2D eigenvalue weighted by molar-refractivity contribution is -0.182. The van der Waals surface area contributed by atoms with E-state index >= 15 is 0 Å². The number of nitrogens with two attached hydrogens (primary N) is 1. The Hall–Kier alpha value is -2.20. The number of alkyl halides is 3. The van der Waals surface area contributed by atoms with Crippen LogP contribution in [0, 0.1) is 19.8 Å². The Morgan fingerprint density at radius 2 is 1.91 bits per heavy atom. The lowest BCUT2D eigenvalue weighted by atomic mass is 9.80. The molecule has 1 unspecified atom stereocenters. The summed E-state index contributed by atoms with van der Waals surface area (Å²) >= 11 is 0. The van der Waals surface area contributed by atoms with Gasteiger partial charge in [-0.15, -0.1) is 0 Å². The van der Waals surface area contributed by atoms with Gasteiger partial charge in [-0.1, -0.05) is 0 Å². The minimum Gasteiger partial charge on any atom is -0.394 e. The molecule has 1 aliphatic heterocycles. The van der Waals surface area contributed by atoms with Crippen LogP contribution in [0.3, 0.4) is 0 Å². The molecule has 182 valence electrons. The molecule has 33 heavy (non-hydrogen) atoms. The van der Waals surface area contributed by atoms with Crippen molar-refractivity contribution in [3.63, 3.8) is 0 Å². The summed E-state index contributed by atoms with van der Waals surface area (Å²) in [6, 6.07) is 0.981. The third kappa shape index (κ3) is 4.73. The van der Waals surface area contributed by atoms with Gasteiger partial charge in [0.15, 0.2) is 5.65 Å². The van der Waals surface area contributed by atoms with E-state index in [0.717, 1.165) is 35.5 Å². The molecular formula is C23H32F3N5O2. The number of aliphatic hydroxyl groups is 1. The Morgan fingerprint density at radius 3 is 2.55 bits per heavy atom. The predicted octanol–water partition coefficient (Wildman–Crippen LogP) is 3.21. The van der Waals surface area contributed by atoms with E-state index in [1.807, 2.05) is 24.4 Å². The van der Waals surface area contributed by atoms with E-state index in [1.54, 1.807) is 4.90 Å². The van der Waals surface area contributed by atoms with E-state index in [1.165, 1.54) is 0 Å². The number of fused-ring (bicyclic) bond motifs is 1. The lowest BCUT2D eigenvalue weighted by Gasteiger charge is -2.35. The number of aryl methyl sites for hydroxylation is 1. The summed E-state index contributed by atoms with van der Waals surface area (Å²) in [5, 5.41) is 14.1. The molecule has 0 bridgehead atoms. The van der Waals surface area contributed by atoms with Gasteiger partial charge in [0.25, 0.3) is 0 Å². The number of hydrogen-bond acceptors (Lipinski definition) is 5. The van der Waals surface area contributed by atoms with Crippen molar-refractivity contribution in [3.05, 3.63) is 28.7 Å². The summed E-state index contributed by atoms with van der Waals surface area (Å²) in [7, 11) is 0. The first-order chi connectivity index (χ1) is 15.6. The first-order valence-electron chi connectivity index (χ1n) is 11.7. The molecule has 2 aliphatic rings. The molecule has 2 aromatic heterocycles. The Kier molecular flexibility index (Phi) is 6.68. The number of carbonyl (C=O) groups excluding carboxylic acids is 1. The van der Waals surface area contributed by atoms with Crippen molar-refractivity contribution in [3.8, 4) is 0 Å². The minimum absolute atomic E-state index is 0.00857. The van der Waals surface area contributed by atoms with Crippen LogP contribution in [0.15, 0.2) is 6.07 Å². The number of nitrogens with zero attached hydrogens (tertiary/aromatic N) is 4. The van der Waals surface area contributed by atoms with Crippen molar-refractivity contribution in [1.82, 2.24) is 19.5 Å². The second kappa shape index (κ2) is 9.21. The molecule has 1 amide bonds. The van der Waals surface area contributed by atoms with Gasteiger partial charge in [0.1, 0.15) is 6.04 Å². The van der Waals surface area contributed by atoms with Gasteiger partial charge < -0.3 is 15.7 Å². The minimum atomic E-state index is -4.13. The fraction of sp³-hybridized carbons (Fsp3) is 0.696. The molecule has 2 aromatic rings. The van der Waals surface area contributed by atoms with Crippen LogP contribution in [-0.2, 0) is 4.79 Å². The SMILES string of the molecule is Cc1nc2cc(C3CCC(C(F)(F)F)CC3)nn2c([C@@H]2CCCN(C(=O)C(N)CO)C2)c1C. The number of rotatable bonds is 4. The van der Waals surface area contributed by atoms with Crippen molar-refractivity contribution in [2.24, 2.45) is 11.7 Å². The third-order valence-electron chi connectivity index (χ3n) is 7.39. The second-order valence-corrected chi connectivity index (χ2v) is 9.55. The van der Waals surface area contributed by atoms with Gasteiger partial charge in [-0.05, 0) is 57.9 Å². The van der Waals surface area contributed by atoms with Crippen LogP contribution in [-0.4, -0.2) is 62.4 Å². The summed E-state index contributed by atoms with van der Waals surface area (Å²) < 4.78 is 41.0. The highest BCUT2D eigenvalue weighted by molar-refractivity contribution is 5.82. The normalized spacial score (nSPS) is 25.4. The zero-order valence-electron chi connectivity index (χ0n) is 19.1. The summed E-state index contributed by atoms with van der Waals surface area (Å²) in [4.78, 5) is 18.9. The van der Waals surface area contributed by atoms with Crippen molar-refractivity contribution < 1.29 is 23.1 Å². The summed E-state index contributed by atoms with van der Waals surface area (Å²) in [5.41, 5.74) is 10.1. The predicted molar refractivity (Wildman–Crippen MR) is 117 cm³/mol. The molecule has 1 saturated carbocycles. The largest absolute Gasteiger partial charge is 0.394 e. The van der Waals surface area contributed by atoms with E-state index in [0.29, 0.717) is 31.6 Å². The zero-order valence-corrected chi connectivity index (χ0v) is 19.1. The summed E-state index contributed by atoms with van der Waals surface area (Å²) in [5.74, 6) is -1.46. The van der Waals surface area contributed by atoms with Gasteiger partial charge in [0.2, 0.25) is 5.91 Å². The molecule has 2 atom stereocenters. The number of likely N-dealkylation sites (tertiary alicyclic amines) is 1. The van der Waals surface area contributed by atoms with E-state index in [-0.39, 0.29) is 30.6 Å². The Balaban J connectivity index is 1.62. The molecule has 4 rings (SSSR count). The monoisotopic (exact) mass is 467 g/mol. The smallest absolute Gasteiger partial charge is 0.391 e. The molecule has 3 N–H and O–H groups in total. The molecule has 7 nitrogen and oxygen atoms in total.